The number of nitrogens with one attached hydrogen (secondary N) is 1. The number of para-hydroxylation sites is 1. The van der Waals surface area contributed by atoms with Gasteiger partial charge in [0, 0.05) is 47.9 Å². The molecule has 0 spiro atoms. The van der Waals surface area contributed by atoms with E-state index in [1.165, 1.54) is 17.2 Å². The third-order valence-electron chi connectivity index (χ3n) is 4.55. The molecule has 4 rings (SSSR count). The molecule has 0 saturated heterocycles. The van der Waals surface area contributed by atoms with Crippen LogP contribution in [0.3, 0.4) is 0 Å². The maximum atomic E-state index is 11.6. The number of H-pyrrole nitrogens is 1. The maximum absolute atomic E-state index is 11.6. The summed E-state index contributed by atoms with van der Waals surface area (Å²) in [5, 5.41) is 1.24. The van der Waals surface area contributed by atoms with Crippen molar-refractivity contribution in [1.82, 2.24) is 14.5 Å². The smallest absolute Gasteiger partial charge is 0.175 e. The van der Waals surface area contributed by atoms with Crippen LogP contribution in [0.1, 0.15) is 5.56 Å². The summed E-state index contributed by atoms with van der Waals surface area (Å²) in [6.45, 7) is 0.797. The van der Waals surface area contributed by atoms with Crippen LogP contribution >= 0.6 is 0 Å². The fraction of sp³-hybridized carbons (Fsp3) is 0.150. The Morgan fingerprint density at radius 2 is 1.85 bits per heavy atom. The zero-order valence-corrected chi connectivity index (χ0v) is 15.2. The lowest BCUT2D eigenvalue weighted by Crippen LogP contribution is -2.03. The van der Waals surface area contributed by atoms with Crippen molar-refractivity contribution >= 4 is 20.7 Å². The number of rotatable bonds is 5. The zero-order valence-electron chi connectivity index (χ0n) is 14.4. The van der Waals surface area contributed by atoms with Gasteiger partial charge in [0.05, 0.1) is 4.90 Å². The minimum absolute atomic E-state index is 0.318. The normalized spacial score (nSPS) is 11.9. The first kappa shape index (κ1) is 16.6. The Morgan fingerprint density at radius 1 is 1.08 bits per heavy atom. The van der Waals surface area contributed by atoms with Gasteiger partial charge in [-0.25, -0.2) is 13.4 Å². The number of hydrogen-bond acceptors (Lipinski definition) is 3. The monoisotopic (exact) mass is 365 g/mol. The van der Waals surface area contributed by atoms with Gasteiger partial charge in [-0.15, -0.1) is 0 Å². The van der Waals surface area contributed by atoms with Crippen molar-refractivity contribution in [3.05, 3.63) is 72.7 Å². The maximum Gasteiger partial charge on any atom is 0.175 e. The SMILES string of the molecule is CS(=O)(=O)c1ccc(-c2nccn2CCc2c[nH]c3ccccc23)cc1. The summed E-state index contributed by atoms with van der Waals surface area (Å²) in [5.41, 5.74) is 3.32. The van der Waals surface area contributed by atoms with Gasteiger partial charge in [-0.2, -0.15) is 0 Å². The lowest BCUT2D eigenvalue weighted by Gasteiger charge is -2.08. The van der Waals surface area contributed by atoms with E-state index >= 15 is 0 Å². The van der Waals surface area contributed by atoms with Crippen LogP contribution in [0.4, 0.5) is 0 Å². The highest BCUT2D eigenvalue weighted by Crippen LogP contribution is 2.22. The van der Waals surface area contributed by atoms with Gasteiger partial charge in [-0.05, 0) is 42.3 Å². The van der Waals surface area contributed by atoms with E-state index in [1.54, 1.807) is 30.5 Å². The number of imidazole rings is 1. The van der Waals surface area contributed by atoms with Crippen LogP contribution in [0.15, 0.2) is 72.0 Å². The van der Waals surface area contributed by atoms with E-state index in [4.69, 9.17) is 0 Å². The van der Waals surface area contributed by atoms with Crippen molar-refractivity contribution in [2.24, 2.45) is 0 Å². The second kappa shape index (κ2) is 6.46. The highest BCUT2D eigenvalue weighted by atomic mass is 32.2. The van der Waals surface area contributed by atoms with Crippen molar-refractivity contribution in [3.63, 3.8) is 0 Å². The minimum atomic E-state index is -3.19. The average Bonchev–Trinajstić information content (AvgIpc) is 3.26. The van der Waals surface area contributed by atoms with E-state index in [2.05, 4.69) is 32.9 Å². The standard InChI is InChI=1S/C20H19N3O2S/c1-26(24,25)17-8-6-15(7-9-17)20-21-11-13-23(20)12-10-16-14-22-19-5-3-2-4-18(16)19/h2-9,11,13-14,22H,10,12H2,1H3. The van der Waals surface area contributed by atoms with Gasteiger partial charge < -0.3 is 9.55 Å². The summed E-state index contributed by atoms with van der Waals surface area (Å²) in [7, 11) is -3.19. The second-order valence-electron chi connectivity index (χ2n) is 6.35. The van der Waals surface area contributed by atoms with Crippen molar-refractivity contribution < 1.29 is 8.42 Å². The lowest BCUT2D eigenvalue weighted by atomic mass is 10.1. The van der Waals surface area contributed by atoms with E-state index in [0.29, 0.717) is 4.90 Å². The number of benzene rings is 2. The van der Waals surface area contributed by atoms with Crippen molar-refractivity contribution in [2.75, 3.05) is 6.26 Å². The molecule has 0 bridgehead atoms. The topological polar surface area (TPSA) is 67.8 Å². The molecule has 5 nitrogen and oxygen atoms in total. The third kappa shape index (κ3) is 3.15. The number of aryl methyl sites for hydroxylation is 2. The number of nitrogens with zero attached hydrogens (tertiary/aromatic N) is 2. The summed E-state index contributed by atoms with van der Waals surface area (Å²) in [6.07, 6.45) is 7.88. The quantitative estimate of drug-likeness (QED) is 0.587. The molecule has 0 amide bonds. The Hall–Kier alpha value is -2.86. The molecule has 0 unspecified atom stereocenters. The highest BCUT2D eigenvalue weighted by molar-refractivity contribution is 7.90. The summed E-state index contributed by atoms with van der Waals surface area (Å²) in [5.74, 6) is 0.838. The average molecular weight is 365 g/mol. The highest BCUT2D eigenvalue weighted by Gasteiger charge is 2.10. The van der Waals surface area contributed by atoms with Gasteiger partial charge in [-0.1, -0.05) is 18.2 Å². The summed E-state index contributed by atoms with van der Waals surface area (Å²) in [6, 6.07) is 15.1. The lowest BCUT2D eigenvalue weighted by molar-refractivity contribution is 0.602. The van der Waals surface area contributed by atoms with Crippen molar-refractivity contribution in [2.45, 2.75) is 17.9 Å². The molecule has 2 heterocycles. The van der Waals surface area contributed by atoms with Gasteiger partial charge >= 0.3 is 0 Å². The molecule has 4 aromatic rings. The zero-order chi connectivity index (χ0) is 18.1. The number of aromatic nitrogens is 3. The molecule has 1 N–H and O–H groups in total. The molecule has 132 valence electrons. The van der Waals surface area contributed by atoms with Gasteiger partial charge in [0.1, 0.15) is 5.82 Å². The number of hydrogen-bond donors (Lipinski definition) is 1. The summed E-state index contributed by atoms with van der Waals surface area (Å²) in [4.78, 5) is 8.07. The molecule has 0 aliphatic rings. The Labute approximate surface area is 152 Å². The molecular weight excluding hydrogens is 346 g/mol. The molecular formula is C20H19N3O2S. The molecule has 2 aromatic heterocycles. The van der Waals surface area contributed by atoms with E-state index < -0.39 is 9.84 Å². The summed E-state index contributed by atoms with van der Waals surface area (Å²) >= 11 is 0. The predicted octanol–water partition coefficient (Wildman–Crippen LogP) is 3.68. The molecule has 0 radical (unpaired) electrons. The van der Waals surface area contributed by atoms with Crippen LogP contribution in [-0.4, -0.2) is 29.2 Å². The first-order valence-electron chi connectivity index (χ1n) is 8.39. The van der Waals surface area contributed by atoms with E-state index in [-0.39, 0.29) is 0 Å². The molecule has 26 heavy (non-hydrogen) atoms. The first-order valence-corrected chi connectivity index (χ1v) is 10.3. The molecule has 0 saturated carbocycles. The summed E-state index contributed by atoms with van der Waals surface area (Å²) < 4.78 is 25.3. The third-order valence-corrected chi connectivity index (χ3v) is 5.68. The Balaban J connectivity index is 1.57. The second-order valence-corrected chi connectivity index (χ2v) is 8.37. The van der Waals surface area contributed by atoms with E-state index in [9.17, 15) is 8.42 Å². The Bertz CT molecular complexity index is 1160. The number of sulfone groups is 1. The van der Waals surface area contributed by atoms with Gasteiger partial charge in [0.2, 0.25) is 0 Å². The van der Waals surface area contributed by atoms with Crippen LogP contribution in [0.2, 0.25) is 0 Å². The van der Waals surface area contributed by atoms with E-state index in [1.807, 2.05) is 18.3 Å². The predicted molar refractivity (Wildman–Crippen MR) is 103 cm³/mol. The van der Waals surface area contributed by atoms with Gasteiger partial charge in [0.15, 0.2) is 9.84 Å². The Kier molecular flexibility index (Phi) is 4.12. The van der Waals surface area contributed by atoms with Crippen molar-refractivity contribution in [1.29, 1.82) is 0 Å². The van der Waals surface area contributed by atoms with Crippen LogP contribution in [0.5, 0.6) is 0 Å². The van der Waals surface area contributed by atoms with E-state index in [0.717, 1.165) is 29.9 Å². The first-order chi connectivity index (χ1) is 12.5. The molecule has 0 aliphatic carbocycles. The molecule has 0 atom stereocenters. The van der Waals surface area contributed by atoms with Crippen LogP contribution in [0.25, 0.3) is 22.3 Å². The van der Waals surface area contributed by atoms with Crippen LogP contribution in [-0.2, 0) is 22.8 Å². The fourth-order valence-electron chi connectivity index (χ4n) is 3.18. The number of fused-ring (bicyclic) bond motifs is 1. The van der Waals surface area contributed by atoms with Gasteiger partial charge in [0.25, 0.3) is 0 Å². The van der Waals surface area contributed by atoms with Crippen molar-refractivity contribution in [3.8, 4) is 11.4 Å². The molecule has 0 aliphatic heterocycles. The van der Waals surface area contributed by atoms with Crippen LogP contribution in [0, 0.1) is 0 Å². The minimum Gasteiger partial charge on any atom is -0.361 e. The molecule has 6 heteroatoms. The number of aromatic amines is 1. The molecule has 0 fully saturated rings. The van der Waals surface area contributed by atoms with Crippen LogP contribution < -0.4 is 0 Å². The Morgan fingerprint density at radius 3 is 2.62 bits per heavy atom. The van der Waals surface area contributed by atoms with Gasteiger partial charge in [-0.3, -0.25) is 0 Å². The molecule has 2 aromatic carbocycles. The largest absolute Gasteiger partial charge is 0.361 e. The fourth-order valence-corrected chi connectivity index (χ4v) is 3.81.